The molecule has 1 N–H and O–H groups in total. The van der Waals surface area contributed by atoms with Gasteiger partial charge in [-0.2, -0.15) is 0 Å². The molecule has 1 fully saturated rings. The average molecular weight is 287 g/mol. The van der Waals surface area contributed by atoms with Crippen LogP contribution >= 0.6 is 0 Å². The first kappa shape index (κ1) is 16.0. The maximum absolute atomic E-state index is 11.4. The van der Waals surface area contributed by atoms with E-state index < -0.39 is 32.5 Å². The van der Waals surface area contributed by atoms with E-state index in [2.05, 4.69) is 43.9 Å². The second-order valence-corrected chi connectivity index (χ2v) is 11.0. The quantitative estimate of drug-likeness (QED) is 0.280. The first-order valence-corrected chi connectivity index (χ1v) is 9.07. The van der Waals surface area contributed by atoms with Crippen molar-refractivity contribution in [1.29, 1.82) is 0 Å². The van der Waals surface area contributed by atoms with Crippen molar-refractivity contribution in [3.8, 4) is 0 Å². The van der Waals surface area contributed by atoms with Crippen molar-refractivity contribution in [3.05, 3.63) is 10.4 Å². The molecule has 0 amide bonds. The van der Waals surface area contributed by atoms with Crippen LogP contribution in [0.15, 0.2) is 5.11 Å². The van der Waals surface area contributed by atoms with E-state index in [4.69, 9.17) is 14.7 Å². The summed E-state index contributed by atoms with van der Waals surface area (Å²) in [7, 11) is -1.97. The van der Waals surface area contributed by atoms with Gasteiger partial charge in [-0.25, -0.2) is 0 Å². The molecule has 1 unspecified atom stereocenters. The number of ether oxygens (including phenoxy) is 1. The van der Waals surface area contributed by atoms with Crippen LogP contribution in [0.2, 0.25) is 18.1 Å². The third kappa shape index (κ3) is 3.47. The fourth-order valence-corrected chi connectivity index (χ4v) is 2.46. The third-order valence-corrected chi connectivity index (χ3v) is 8.30. The predicted molar refractivity (Wildman–Crippen MR) is 72.0 cm³/mol. The zero-order valence-electron chi connectivity index (χ0n) is 12.0. The highest BCUT2D eigenvalue weighted by atomic mass is 28.4. The van der Waals surface area contributed by atoms with Crippen molar-refractivity contribution in [2.24, 2.45) is 5.11 Å². The lowest BCUT2D eigenvalue weighted by molar-refractivity contribution is -0.143. The van der Waals surface area contributed by atoms with Crippen molar-refractivity contribution >= 4 is 14.3 Å². The maximum Gasteiger partial charge on any atom is 0.318 e. The topological polar surface area (TPSA) is 105 Å². The Bertz CT molecular complexity index is 401. The van der Waals surface area contributed by atoms with Crippen molar-refractivity contribution in [1.82, 2.24) is 0 Å². The summed E-state index contributed by atoms with van der Waals surface area (Å²) >= 11 is 0. The normalized spacial score (nSPS) is 27.9. The van der Waals surface area contributed by atoms with E-state index in [0.29, 0.717) is 0 Å². The van der Waals surface area contributed by atoms with Gasteiger partial charge in [-0.1, -0.05) is 25.9 Å². The molecule has 3 atom stereocenters. The first-order chi connectivity index (χ1) is 8.60. The highest BCUT2D eigenvalue weighted by Gasteiger charge is 2.45. The minimum absolute atomic E-state index is 0.0325. The Balaban J connectivity index is 2.66. The molecule has 1 heterocycles. The average Bonchev–Trinajstić information content (AvgIpc) is 2.53. The number of carbonyl (C=O) groups is 1. The Morgan fingerprint density at radius 2 is 2.11 bits per heavy atom. The van der Waals surface area contributed by atoms with Crippen LogP contribution in [0, 0.1) is 0 Å². The molecule has 0 saturated carbocycles. The number of nitrogens with zero attached hydrogens (tertiary/aromatic N) is 3. The standard InChI is InChI=1S/C11H21N3O4Si/c1-11(2,3)19(4,5)17-6-7-9(15)8(13-14-12)10(16)18-7/h7-9,15H,6H2,1-5H3/t7-,8?,9-/m1/s1. The summed E-state index contributed by atoms with van der Waals surface area (Å²) in [4.78, 5) is 13.9. The summed E-state index contributed by atoms with van der Waals surface area (Å²) < 4.78 is 10.9. The minimum atomic E-state index is -1.97. The fraction of sp³-hybridized carbons (Fsp3) is 0.909. The molecule has 0 aromatic heterocycles. The summed E-state index contributed by atoms with van der Waals surface area (Å²) in [6.45, 7) is 10.6. The molecule has 19 heavy (non-hydrogen) atoms. The zero-order chi connectivity index (χ0) is 14.8. The molecule has 1 aliphatic heterocycles. The van der Waals surface area contributed by atoms with E-state index in [9.17, 15) is 9.90 Å². The molecule has 0 aromatic carbocycles. The van der Waals surface area contributed by atoms with E-state index in [-0.39, 0.29) is 11.6 Å². The molecule has 0 spiro atoms. The van der Waals surface area contributed by atoms with Gasteiger partial charge in [-0.3, -0.25) is 4.79 Å². The lowest BCUT2D eigenvalue weighted by Crippen LogP contribution is -2.44. The molecule has 0 radical (unpaired) electrons. The number of aliphatic hydroxyl groups is 1. The van der Waals surface area contributed by atoms with Crippen LogP contribution in [-0.2, 0) is 14.0 Å². The van der Waals surface area contributed by atoms with Gasteiger partial charge in [0.1, 0.15) is 6.10 Å². The van der Waals surface area contributed by atoms with Gasteiger partial charge >= 0.3 is 5.97 Å². The largest absolute Gasteiger partial charge is 0.457 e. The van der Waals surface area contributed by atoms with Crippen molar-refractivity contribution in [2.45, 2.75) is 57.2 Å². The van der Waals surface area contributed by atoms with Crippen LogP contribution in [-0.4, -0.2) is 44.2 Å². The third-order valence-electron chi connectivity index (χ3n) is 3.80. The summed E-state index contributed by atoms with van der Waals surface area (Å²) in [6, 6.07) is -1.17. The highest BCUT2D eigenvalue weighted by Crippen LogP contribution is 2.37. The van der Waals surface area contributed by atoms with Gasteiger partial charge in [0.2, 0.25) is 0 Å². The van der Waals surface area contributed by atoms with E-state index >= 15 is 0 Å². The number of carbonyl (C=O) groups excluding carboxylic acids is 1. The minimum Gasteiger partial charge on any atom is -0.457 e. The van der Waals surface area contributed by atoms with Crippen LogP contribution in [0.5, 0.6) is 0 Å². The molecular formula is C11H21N3O4Si. The first-order valence-electron chi connectivity index (χ1n) is 6.17. The van der Waals surface area contributed by atoms with Crippen LogP contribution < -0.4 is 0 Å². The van der Waals surface area contributed by atoms with E-state index in [1.165, 1.54) is 0 Å². The van der Waals surface area contributed by atoms with Crippen LogP contribution in [0.4, 0.5) is 0 Å². The van der Waals surface area contributed by atoms with Gasteiger partial charge in [0.05, 0.1) is 6.61 Å². The van der Waals surface area contributed by atoms with Gasteiger partial charge in [-0.15, -0.1) is 0 Å². The fourth-order valence-electron chi connectivity index (χ4n) is 1.44. The monoisotopic (exact) mass is 287 g/mol. The summed E-state index contributed by atoms with van der Waals surface area (Å²) in [6.07, 6.45) is -1.91. The molecular weight excluding hydrogens is 266 g/mol. The molecule has 7 nitrogen and oxygen atoms in total. The van der Waals surface area contributed by atoms with Gasteiger partial charge in [-0.05, 0) is 23.7 Å². The van der Waals surface area contributed by atoms with Crippen molar-refractivity contribution in [2.75, 3.05) is 6.61 Å². The van der Waals surface area contributed by atoms with Crippen molar-refractivity contribution in [3.63, 3.8) is 0 Å². The number of azide groups is 1. The Morgan fingerprint density at radius 1 is 1.53 bits per heavy atom. The SMILES string of the molecule is CC(C)(C)[Si](C)(C)OC[C@H]1OC(=O)C(N=[N+]=[N-])[C@@H]1O. The molecule has 0 bridgehead atoms. The van der Waals surface area contributed by atoms with Crippen LogP contribution in [0.25, 0.3) is 10.4 Å². The Kier molecular flexibility index (Phi) is 4.62. The van der Waals surface area contributed by atoms with Gasteiger partial charge < -0.3 is 14.3 Å². The number of aliphatic hydroxyl groups excluding tert-OH is 1. The van der Waals surface area contributed by atoms with Crippen LogP contribution in [0.1, 0.15) is 20.8 Å². The maximum atomic E-state index is 11.4. The number of esters is 1. The van der Waals surface area contributed by atoms with Gasteiger partial charge in [0, 0.05) is 4.91 Å². The van der Waals surface area contributed by atoms with E-state index in [1.54, 1.807) is 0 Å². The lowest BCUT2D eigenvalue weighted by atomic mass is 10.1. The van der Waals surface area contributed by atoms with Gasteiger partial charge in [0.25, 0.3) is 0 Å². The molecule has 1 aliphatic rings. The van der Waals surface area contributed by atoms with E-state index in [0.717, 1.165) is 0 Å². The molecule has 108 valence electrons. The second kappa shape index (κ2) is 5.50. The molecule has 0 aromatic rings. The Hall–Kier alpha value is -1.08. The number of cyclic esters (lactones) is 1. The smallest absolute Gasteiger partial charge is 0.318 e. The van der Waals surface area contributed by atoms with E-state index in [1.807, 2.05) is 0 Å². The molecule has 0 aliphatic carbocycles. The van der Waals surface area contributed by atoms with Crippen LogP contribution in [0.3, 0.4) is 0 Å². The number of hydrogen-bond donors (Lipinski definition) is 1. The summed E-state index contributed by atoms with van der Waals surface area (Å²) in [5.41, 5.74) is 8.33. The molecule has 8 heteroatoms. The lowest BCUT2D eigenvalue weighted by Gasteiger charge is -2.36. The summed E-state index contributed by atoms with van der Waals surface area (Å²) in [5.74, 6) is -0.700. The number of rotatable bonds is 4. The Morgan fingerprint density at radius 3 is 2.58 bits per heavy atom. The highest BCUT2D eigenvalue weighted by molar-refractivity contribution is 6.74. The van der Waals surface area contributed by atoms with Crippen molar-refractivity contribution < 1.29 is 19.1 Å². The molecule has 1 rings (SSSR count). The Labute approximate surface area is 113 Å². The zero-order valence-corrected chi connectivity index (χ0v) is 13.0. The second-order valence-electron chi connectivity index (χ2n) is 6.19. The molecule has 1 saturated heterocycles. The van der Waals surface area contributed by atoms with Gasteiger partial charge in [0.15, 0.2) is 20.5 Å². The predicted octanol–water partition coefficient (Wildman–Crippen LogP) is 1.97. The number of hydrogen-bond acceptors (Lipinski definition) is 5. The summed E-state index contributed by atoms with van der Waals surface area (Å²) in [5, 5.41) is 13.1.